The molecule has 0 spiro atoms. The fourth-order valence-corrected chi connectivity index (χ4v) is 5.45. The van der Waals surface area contributed by atoms with E-state index in [2.05, 4.69) is 4.72 Å². The van der Waals surface area contributed by atoms with Crippen molar-refractivity contribution in [3.05, 3.63) is 53.6 Å². The molecule has 1 fully saturated rings. The number of para-hydroxylation sites is 1. The SMILES string of the molecule is CCN(Cc1cccc2c1OCCO2)C(=O)c1cccc(S(=O)(=O)NC2CCCC2)c1. The molecule has 0 aromatic heterocycles. The molecular formula is C23H28N2O5S. The third-order valence-corrected chi connectivity index (χ3v) is 7.26. The van der Waals surface area contributed by atoms with Crippen molar-refractivity contribution in [2.75, 3.05) is 19.8 Å². The van der Waals surface area contributed by atoms with Gasteiger partial charge in [-0.15, -0.1) is 0 Å². The number of nitrogens with one attached hydrogen (secondary N) is 1. The summed E-state index contributed by atoms with van der Waals surface area (Å²) in [4.78, 5) is 15.0. The van der Waals surface area contributed by atoms with Crippen LogP contribution in [0.1, 0.15) is 48.5 Å². The Morgan fingerprint density at radius 2 is 1.84 bits per heavy atom. The van der Waals surface area contributed by atoms with E-state index in [0.717, 1.165) is 31.2 Å². The topological polar surface area (TPSA) is 84.9 Å². The number of carbonyl (C=O) groups excluding carboxylic acids is 1. The van der Waals surface area contributed by atoms with Crippen LogP contribution in [0.2, 0.25) is 0 Å². The maximum Gasteiger partial charge on any atom is 0.254 e. The number of benzene rings is 2. The van der Waals surface area contributed by atoms with Crippen LogP contribution in [0.4, 0.5) is 0 Å². The van der Waals surface area contributed by atoms with Crippen LogP contribution in [-0.2, 0) is 16.6 Å². The molecule has 2 aliphatic rings. The summed E-state index contributed by atoms with van der Waals surface area (Å²) in [5.41, 5.74) is 1.21. The lowest BCUT2D eigenvalue weighted by atomic mass is 10.1. The summed E-state index contributed by atoms with van der Waals surface area (Å²) in [6.45, 7) is 3.69. The molecule has 1 heterocycles. The summed E-state index contributed by atoms with van der Waals surface area (Å²) in [6, 6.07) is 11.9. The molecule has 1 N–H and O–H groups in total. The van der Waals surface area contributed by atoms with Crippen molar-refractivity contribution in [2.45, 2.75) is 50.1 Å². The molecule has 1 aliphatic carbocycles. The highest BCUT2D eigenvalue weighted by atomic mass is 32.2. The summed E-state index contributed by atoms with van der Waals surface area (Å²) >= 11 is 0. The summed E-state index contributed by atoms with van der Waals surface area (Å²) in [7, 11) is -3.66. The van der Waals surface area contributed by atoms with E-state index in [0.29, 0.717) is 43.4 Å². The monoisotopic (exact) mass is 444 g/mol. The molecule has 1 saturated carbocycles. The number of nitrogens with zero attached hydrogens (tertiary/aromatic N) is 1. The van der Waals surface area contributed by atoms with Crippen LogP contribution >= 0.6 is 0 Å². The number of sulfonamides is 1. The largest absolute Gasteiger partial charge is 0.486 e. The van der Waals surface area contributed by atoms with Gasteiger partial charge in [-0.25, -0.2) is 13.1 Å². The summed E-state index contributed by atoms with van der Waals surface area (Å²) in [6.07, 6.45) is 3.79. The first-order valence-corrected chi connectivity index (χ1v) is 12.3. The summed E-state index contributed by atoms with van der Waals surface area (Å²) < 4.78 is 39.7. The molecule has 0 atom stereocenters. The predicted molar refractivity (Wildman–Crippen MR) is 117 cm³/mol. The standard InChI is InChI=1S/C23H28N2O5S/c1-2-25(16-18-8-6-12-21-22(18)30-14-13-29-21)23(26)17-7-5-11-20(15-17)31(27,28)24-19-9-3-4-10-19/h5-8,11-12,15,19,24H,2-4,9-10,13-14,16H2,1H3. The minimum Gasteiger partial charge on any atom is -0.486 e. The van der Waals surface area contributed by atoms with Crippen LogP contribution < -0.4 is 14.2 Å². The van der Waals surface area contributed by atoms with E-state index in [1.807, 2.05) is 25.1 Å². The van der Waals surface area contributed by atoms with Crippen molar-refractivity contribution < 1.29 is 22.7 Å². The molecule has 1 aliphatic heterocycles. The molecule has 0 saturated heterocycles. The van der Waals surface area contributed by atoms with Gasteiger partial charge in [-0.2, -0.15) is 0 Å². The van der Waals surface area contributed by atoms with Crippen molar-refractivity contribution >= 4 is 15.9 Å². The highest BCUT2D eigenvalue weighted by molar-refractivity contribution is 7.89. The molecule has 0 unspecified atom stereocenters. The third kappa shape index (κ3) is 4.85. The third-order valence-electron chi connectivity index (χ3n) is 5.75. The molecule has 7 nitrogen and oxygen atoms in total. The van der Waals surface area contributed by atoms with E-state index in [4.69, 9.17) is 9.47 Å². The van der Waals surface area contributed by atoms with Gasteiger partial charge in [-0.1, -0.05) is 31.0 Å². The highest BCUT2D eigenvalue weighted by Gasteiger charge is 2.25. The number of fused-ring (bicyclic) bond motifs is 1. The number of amides is 1. The first-order chi connectivity index (χ1) is 15.0. The molecule has 1 amide bonds. The van der Waals surface area contributed by atoms with E-state index in [1.54, 1.807) is 17.0 Å². The van der Waals surface area contributed by atoms with Gasteiger partial charge in [0.05, 0.1) is 4.90 Å². The van der Waals surface area contributed by atoms with E-state index in [9.17, 15) is 13.2 Å². The number of hydrogen-bond acceptors (Lipinski definition) is 5. The minimum absolute atomic E-state index is 0.0250. The van der Waals surface area contributed by atoms with Gasteiger partial charge in [-0.3, -0.25) is 4.79 Å². The normalized spacial score (nSPS) is 16.3. The maximum atomic E-state index is 13.2. The minimum atomic E-state index is -3.66. The van der Waals surface area contributed by atoms with Crippen LogP contribution in [0.15, 0.2) is 47.4 Å². The Kier molecular flexibility index (Phi) is 6.48. The maximum absolute atomic E-state index is 13.2. The molecule has 0 bridgehead atoms. The van der Waals surface area contributed by atoms with Gasteiger partial charge in [0.1, 0.15) is 13.2 Å². The zero-order valence-corrected chi connectivity index (χ0v) is 18.5. The number of rotatable bonds is 7. The average Bonchev–Trinajstić information content (AvgIpc) is 3.29. The number of hydrogen-bond donors (Lipinski definition) is 1. The Morgan fingerprint density at radius 1 is 1.10 bits per heavy atom. The fraction of sp³-hybridized carbons (Fsp3) is 0.435. The van der Waals surface area contributed by atoms with E-state index < -0.39 is 10.0 Å². The van der Waals surface area contributed by atoms with Crippen LogP contribution in [0.3, 0.4) is 0 Å². The van der Waals surface area contributed by atoms with Crippen molar-refractivity contribution in [3.63, 3.8) is 0 Å². The van der Waals surface area contributed by atoms with E-state index in [1.165, 1.54) is 12.1 Å². The molecule has 166 valence electrons. The fourth-order valence-electron chi connectivity index (χ4n) is 4.10. The lowest BCUT2D eigenvalue weighted by Gasteiger charge is -2.25. The number of ether oxygens (including phenoxy) is 2. The van der Waals surface area contributed by atoms with E-state index >= 15 is 0 Å². The summed E-state index contributed by atoms with van der Waals surface area (Å²) in [5, 5.41) is 0. The Morgan fingerprint density at radius 3 is 2.61 bits per heavy atom. The highest BCUT2D eigenvalue weighted by Crippen LogP contribution is 2.34. The quantitative estimate of drug-likeness (QED) is 0.708. The lowest BCUT2D eigenvalue weighted by molar-refractivity contribution is 0.0749. The Labute approximate surface area is 183 Å². The zero-order valence-electron chi connectivity index (χ0n) is 17.7. The molecule has 2 aromatic carbocycles. The molecular weight excluding hydrogens is 416 g/mol. The Bertz CT molecular complexity index is 1050. The first-order valence-electron chi connectivity index (χ1n) is 10.8. The van der Waals surface area contributed by atoms with E-state index in [-0.39, 0.29) is 16.8 Å². The number of carbonyl (C=O) groups is 1. The van der Waals surface area contributed by atoms with Crippen LogP contribution in [0.5, 0.6) is 11.5 Å². The van der Waals surface area contributed by atoms with Crippen molar-refractivity contribution in [1.29, 1.82) is 0 Å². The predicted octanol–water partition coefficient (Wildman–Crippen LogP) is 3.34. The van der Waals surface area contributed by atoms with Gasteiger partial charge in [0.15, 0.2) is 11.5 Å². The average molecular weight is 445 g/mol. The molecule has 31 heavy (non-hydrogen) atoms. The molecule has 2 aromatic rings. The van der Waals surface area contributed by atoms with Crippen LogP contribution in [0.25, 0.3) is 0 Å². The smallest absolute Gasteiger partial charge is 0.254 e. The Balaban J connectivity index is 1.54. The van der Waals surface area contributed by atoms with Crippen molar-refractivity contribution in [2.24, 2.45) is 0 Å². The van der Waals surface area contributed by atoms with Crippen molar-refractivity contribution in [1.82, 2.24) is 9.62 Å². The van der Waals surface area contributed by atoms with Gasteiger partial charge < -0.3 is 14.4 Å². The second-order valence-electron chi connectivity index (χ2n) is 7.89. The lowest BCUT2D eigenvalue weighted by Crippen LogP contribution is -2.33. The van der Waals surface area contributed by atoms with Gasteiger partial charge in [-0.05, 0) is 44.0 Å². The van der Waals surface area contributed by atoms with Gasteiger partial charge in [0.2, 0.25) is 10.0 Å². The van der Waals surface area contributed by atoms with Gasteiger partial charge >= 0.3 is 0 Å². The van der Waals surface area contributed by atoms with Gasteiger partial charge in [0.25, 0.3) is 5.91 Å². The first kappa shape index (κ1) is 21.6. The molecule has 0 radical (unpaired) electrons. The van der Waals surface area contributed by atoms with Crippen molar-refractivity contribution in [3.8, 4) is 11.5 Å². The second kappa shape index (κ2) is 9.28. The second-order valence-corrected chi connectivity index (χ2v) is 9.61. The zero-order chi connectivity index (χ0) is 21.8. The summed E-state index contributed by atoms with van der Waals surface area (Å²) in [5.74, 6) is 1.12. The Hall–Kier alpha value is -2.58. The molecule has 4 rings (SSSR count). The molecule has 8 heteroatoms. The van der Waals surface area contributed by atoms with Crippen LogP contribution in [0, 0.1) is 0 Å². The van der Waals surface area contributed by atoms with Crippen LogP contribution in [-0.4, -0.2) is 45.0 Å². The van der Waals surface area contributed by atoms with Gasteiger partial charge in [0, 0.05) is 30.3 Å².